The van der Waals surface area contributed by atoms with Gasteiger partial charge in [0.1, 0.15) is 6.61 Å². The molecule has 0 radical (unpaired) electrons. The Bertz CT molecular complexity index is 1050. The van der Waals surface area contributed by atoms with Crippen LogP contribution < -0.4 is 0 Å². The van der Waals surface area contributed by atoms with E-state index in [1.807, 2.05) is 17.8 Å². The van der Waals surface area contributed by atoms with Crippen LogP contribution in [0.3, 0.4) is 0 Å². The topological polar surface area (TPSA) is 110 Å². The Kier molecular flexibility index (Phi) is 9.94. The van der Waals surface area contributed by atoms with Crippen LogP contribution >= 0.6 is 46.7 Å². The van der Waals surface area contributed by atoms with Crippen molar-refractivity contribution < 1.29 is 19.8 Å². The number of carboxylic acid groups (broad SMARTS) is 1. The summed E-state index contributed by atoms with van der Waals surface area (Å²) in [5.41, 5.74) is 1.35. The Hall–Kier alpha value is -1.72. The van der Waals surface area contributed by atoms with Gasteiger partial charge in [-0.25, -0.2) is 0 Å². The van der Waals surface area contributed by atoms with Crippen molar-refractivity contribution in [1.82, 2.24) is 15.0 Å². The molecule has 0 fully saturated rings. The van der Waals surface area contributed by atoms with Crippen molar-refractivity contribution in [1.29, 1.82) is 0 Å². The largest absolute Gasteiger partial charge is 0.481 e. The number of aliphatic hydroxyl groups excluding tert-OH is 1. The van der Waals surface area contributed by atoms with Gasteiger partial charge in [-0.15, -0.1) is 16.9 Å². The first-order valence-electron chi connectivity index (χ1n) is 10.3. The van der Waals surface area contributed by atoms with Crippen LogP contribution in [0.4, 0.5) is 0 Å². The maximum Gasteiger partial charge on any atom is 0.307 e. The first kappa shape index (κ1) is 25.9. The summed E-state index contributed by atoms with van der Waals surface area (Å²) in [5.74, 6) is -1.00. The van der Waals surface area contributed by atoms with E-state index in [2.05, 4.69) is 15.5 Å². The minimum absolute atomic E-state index is 0.182. The molecule has 2 N–H and O–H groups in total. The quantitative estimate of drug-likeness (QED) is 0.236. The number of rotatable bonds is 11. The van der Waals surface area contributed by atoms with Gasteiger partial charge in [-0.05, 0) is 43.9 Å². The zero-order chi connectivity index (χ0) is 23.8. The molecule has 1 aliphatic heterocycles. The molecule has 2 heterocycles. The fraction of sp³-hybridized carbons (Fsp3) is 0.429. The molecule has 1 unspecified atom stereocenters. The van der Waals surface area contributed by atoms with Crippen molar-refractivity contribution in [3.05, 3.63) is 44.5 Å². The molecule has 0 spiro atoms. The SMILES string of the molecule is Cc1cn(CCCCCO/N=C/C(CC(=O)O)=C2\Sc3c(Cl)ccc(Cl)c3SC2CO)nn1. The molecule has 0 bridgehead atoms. The number of hydrogen-bond acceptors (Lipinski definition) is 8. The Morgan fingerprint density at radius 2 is 2.03 bits per heavy atom. The highest BCUT2D eigenvalue weighted by Gasteiger charge is 2.30. The standard InChI is InChI=1S/C21H24Cl2N4O4S2/c1-13-11-27(26-25-13)7-3-2-4-8-31-24-10-14(9-18(29)30)19-17(12-28)32-20-15(22)5-6-16(23)21(20)33-19/h5-6,10-11,17,28H,2-4,7-9,12H2,1H3,(H,29,30)/b19-14-,24-10+. The summed E-state index contributed by atoms with van der Waals surface area (Å²) in [6, 6.07) is 3.41. The number of carboxylic acids is 1. The molecule has 33 heavy (non-hydrogen) atoms. The maximum atomic E-state index is 11.5. The molecule has 1 aromatic carbocycles. The number of oxime groups is 1. The van der Waals surface area contributed by atoms with Gasteiger partial charge in [-0.2, -0.15) is 0 Å². The number of hydrogen-bond donors (Lipinski definition) is 2. The number of fused-ring (bicyclic) bond motifs is 1. The van der Waals surface area contributed by atoms with Crippen LogP contribution in [0.1, 0.15) is 31.4 Å². The van der Waals surface area contributed by atoms with Gasteiger partial charge in [0.05, 0.1) is 40.2 Å². The van der Waals surface area contributed by atoms with Crippen LogP contribution in [0.5, 0.6) is 0 Å². The van der Waals surface area contributed by atoms with Crippen molar-refractivity contribution >= 4 is 58.9 Å². The second-order valence-corrected chi connectivity index (χ2v) is 10.4. The minimum Gasteiger partial charge on any atom is -0.481 e. The van der Waals surface area contributed by atoms with E-state index >= 15 is 0 Å². The van der Waals surface area contributed by atoms with Gasteiger partial charge >= 0.3 is 5.97 Å². The predicted molar refractivity (Wildman–Crippen MR) is 131 cm³/mol. The van der Waals surface area contributed by atoms with Crippen LogP contribution in [0.25, 0.3) is 0 Å². The summed E-state index contributed by atoms with van der Waals surface area (Å²) in [4.78, 5) is 19.0. The summed E-state index contributed by atoms with van der Waals surface area (Å²) in [7, 11) is 0. The first-order valence-corrected chi connectivity index (χ1v) is 12.7. The van der Waals surface area contributed by atoms with Crippen molar-refractivity contribution in [2.45, 2.75) is 54.2 Å². The van der Waals surface area contributed by atoms with Gasteiger partial charge in [-0.1, -0.05) is 45.3 Å². The average molecular weight is 531 g/mol. The summed E-state index contributed by atoms with van der Waals surface area (Å²) in [6.45, 7) is 2.93. The Morgan fingerprint density at radius 3 is 2.70 bits per heavy atom. The molecule has 0 saturated carbocycles. The molecule has 1 aliphatic rings. The second-order valence-electron chi connectivity index (χ2n) is 7.29. The average Bonchev–Trinajstić information content (AvgIpc) is 3.21. The normalized spacial score (nSPS) is 17.3. The van der Waals surface area contributed by atoms with E-state index in [9.17, 15) is 15.0 Å². The number of aliphatic carboxylic acids is 1. The van der Waals surface area contributed by atoms with Crippen LogP contribution in [-0.4, -0.2) is 55.9 Å². The van der Waals surface area contributed by atoms with Gasteiger partial charge in [0, 0.05) is 27.4 Å². The Balaban J connectivity index is 1.61. The van der Waals surface area contributed by atoms with E-state index in [1.54, 1.807) is 12.1 Å². The molecule has 178 valence electrons. The first-order chi connectivity index (χ1) is 15.9. The van der Waals surface area contributed by atoms with E-state index < -0.39 is 5.97 Å². The molecule has 0 saturated heterocycles. The zero-order valence-corrected chi connectivity index (χ0v) is 21.1. The van der Waals surface area contributed by atoms with Crippen LogP contribution in [0.15, 0.2) is 43.8 Å². The van der Waals surface area contributed by atoms with Crippen LogP contribution in [0, 0.1) is 6.92 Å². The third-order valence-electron chi connectivity index (χ3n) is 4.66. The molecule has 3 rings (SSSR count). The van der Waals surface area contributed by atoms with Crippen LogP contribution in [-0.2, 0) is 16.2 Å². The molecule has 8 nitrogen and oxygen atoms in total. The van der Waals surface area contributed by atoms with Gasteiger partial charge < -0.3 is 15.1 Å². The monoisotopic (exact) mass is 530 g/mol. The highest BCUT2D eigenvalue weighted by Crippen LogP contribution is 2.53. The lowest BCUT2D eigenvalue weighted by Gasteiger charge is -2.28. The fourth-order valence-corrected chi connectivity index (χ4v) is 6.42. The van der Waals surface area contributed by atoms with Crippen molar-refractivity contribution in [2.24, 2.45) is 5.16 Å². The lowest BCUT2D eigenvalue weighted by Crippen LogP contribution is -2.17. The lowest BCUT2D eigenvalue weighted by molar-refractivity contribution is -0.136. The number of aliphatic hydroxyl groups is 1. The van der Waals surface area contributed by atoms with E-state index in [0.717, 1.165) is 41.3 Å². The highest BCUT2D eigenvalue weighted by molar-refractivity contribution is 8.09. The number of halogens is 2. The van der Waals surface area contributed by atoms with E-state index in [0.29, 0.717) is 27.1 Å². The number of thioether (sulfide) groups is 2. The number of aromatic nitrogens is 3. The van der Waals surface area contributed by atoms with E-state index in [4.69, 9.17) is 28.0 Å². The summed E-state index contributed by atoms with van der Waals surface area (Å²) in [5, 5.41) is 32.0. The smallest absolute Gasteiger partial charge is 0.307 e. The third kappa shape index (κ3) is 7.38. The van der Waals surface area contributed by atoms with Crippen molar-refractivity contribution in [3.8, 4) is 0 Å². The fourth-order valence-electron chi connectivity index (χ4n) is 3.12. The van der Waals surface area contributed by atoms with Gasteiger partial charge in [0.2, 0.25) is 0 Å². The van der Waals surface area contributed by atoms with E-state index in [1.165, 1.54) is 29.7 Å². The van der Waals surface area contributed by atoms with E-state index in [-0.39, 0.29) is 18.3 Å². The number of carbonyl (C=O) groups is 1. The summed E-state index contributed by atoms with van der Waals surface area (Å²) >= 11 is 15.3. The Labute approximate surface area is 210 Å². The van der Waals surface area contributed by atoms with Crippen LogP contribution in [0.2, 0.25) is 10.0 Å². The van der Waals surface area contributed by atoms with Gasteiger partial charge in [0.25, 0.3) is 0 Å². The summed E-state index contributed by atoms with van der Waals surface area (Å²) in [6.07, 6.45) is 5.75. The predicted octanol–water partition coefficient (Wildman–Crippen LogP) is 5.05. The van der Waals surface area contributed by atoms with Crippen molar-refractivity contribution in [2.75, 3.05) is 13.2 Å². The van der Waals surface area contributed by atoms with Crippen molar-refractivity contribution in [3.63, 3.8) is 0 Å². The van der Waals surface area contributed by atoms with Gasteiger partial charge in [0.15, 0.2) is 0 Å². The maximum absolute atomic E-state index is 11.5. The lowest BCUT2D eigenvalue weighted by atomic mass is 10.1. The summed E-state index contributed by atoms with van der Waals surface area (Å²) < 4.78 is 1.81. The Morgan fingerprint density at radius 1 is 1.27 bits per heavy atom. The second kappa shape index (κ2) is 12.7. The minimum atomic E-state index is -1.00. The zero-order valence-electron chi connectivity index (χ0n) is 17.9. The molecule has 0 amide bonds. The molecule has 2 aromatic rings. The molecular formula is C21H24Cl2N4O4S2. The highest BCUT2D eigenvalue weighted by atomic mass is 35.5. The molecule has 12 heteroatoms. The molecule has 1 aromatic heterocycles. The third-order valence-corrected chi connectivity index (χ3v) is 8.52. The number of unbranched alkanes of at least 4 members (excludes halogenated alkanes) is 2. The van der Waals surface area contributed by atoms with Gasteiger partial charge in [-0.3, -0.25) is 9.48 Å². The molecule has 0 aliphatic carbocycles. The molecular weight excluding hydrogens is 507 g/mol. The number of benzene rings is 1. The number of aryl methyl sites for hydroxylation is 2. The number of nitrogens with zero attached hydrogens (tertiary/aromatic N) is 4. The molecule has 1 atom stereocenters.